The number of aromatic amines is 1. The van der Waals surface area contributed by atoms with E-state index in [1.54, 1.807) is 24.3 Å². The van der Waals surface area contributed by atoms with E-state index in [0.29, 0.717) is 17.8 Å². The summed E-state index contributed by atoms with van der Waals surface area (Å²) in [5.74, 6) is -0.565. The van der Waals surface area contributed by atoms with E-state index in [1.807, 2.05) is 6.07 Å². The summed E-state index contributed by atoms with van der Waals surface area (Å²) in [5, 5.41) is 12.8. The molecule has 8 heteroatoms. The van der Waals surface area contributed by atoms with Crippen molar-refractivity contribution in [2.45, 2.75) is 12.8 Å². The van der Waals surface area contributed by atoms with Crippen LogP contribution in [0.2, 0.25) is 0 Å². The van der Waals surface area contributed by atoms with Gasteiger partial charge in [-0.05, 0) is 18.2 Å². The van der Waals surface area contributed by atoms with Crippen LogP contribution in [-0.2, 0) is 9.59 Å². The molecule has 3 N–H and O–H groups in total. The molecular formula is C15H13N5O3. The average Bonchev–Trinajstić information content (AvgIpc) is 2.56. The molecule has 0 saturated carbocycles. The van der Waals surface area contributed by atoms with Gasteiger partial charge < -0.3 is 5.32 Å². The van der Waals surface area contributed by atoms with Gasteiger partial charge in [-0.1, -0.05) is 12.1 Å². The molecule has 0 unspecified atom stereocenters. The third kappa shape index (κ3) is 3.49. The fourth-order valence-electron chi connectivity index (χ4n) is 2.10. The van der Waals surface area contributed by atoms with Crippen molar-refractivity contribution in [1.29, 1.82) is 0 Å². The van der Waals surface area contributed by atoms with Gasteiger partial charge in [0.1, 0.15) is 5.71 Å². The molecule has 0 saturated heterocycles. The number of amides is 2. The Hall–Kier alpha value is -3.29. The van der Waals surface area contributed by atoms with Crippen molar-refractivity contribution in [1.82, 2.24) is 15.6 Å². The molecule has 0 atom stereocenters. The van der Waals surface area contributed by atoms with E-state index in [0.717, 1.165) is 5.56 Å². The Morgan fingerprint density at radius 2 is 2.00 bits per heavy atom. The highest BCUT2D eigenvalue weighted by molar-refractivity contribution is 6.43. The van der Waals surface area contributed by atoms with Crippen molar-refractivity contribution in [3.8, 4) is 11.3 Å². The number of nitrogens with one attached hydrogen (secondary N) is 3. The van der Waals surface area contributed by atoms with Gasteiger partial charge in [0.2, 0.25) is 5.91 Å². The number of aromatic nitrogens is 2. The minimum absolute atomic E-state index is 0.201. The molecule has 0 radical (unpaired) electrons. The number of hydrogen-bond acceptors (Lipinski definition) is 5. The monoisotopic (exact) mass is 311 g/mol. The summed E-state index contributed by atoms with van der Waals surface area (Å²) in [6.07, 6.45) is 0.548. The third-order valence-corrected chi connectivity index (χ3v) is 3.26. The number of hydrogen-bond donors (Lipinski definition) is 3. The highest BCUT2D eigenvalue weighted by Crippen LogP contribution is 2.19. The Balaban J connectivity index is 1.77. The van der Waals surface area contributed by atoms with Crippen LogP contribution in [0.4, 0.5) is 5.69 Å². The number of carbonyl (C=O) groups excluding carboxylic acids is 2. The third-order valence-electron chi connectivity index (χ3n) is 3.26. The van der Waals surface area contributed by atoms with Crippen molar-refractivity contribution in [2.24, 2.45) is 5.10 Å². The molecule has 3 rings (SSSR count). The molecule has 8 nitrogen and oxygen atoms in total. The van der Waals surface area contributed by atoms with Crippen LogP contribution >= 0.6 is 0 Å². The largest absolute Gasteiger partial charge is 0.321 e. The predicted octanol–water partition coefficient (Wildman–Crippen LogP) is 0.641. The molecule has 0 spiro atoms. The molecule has 0 fully saturated rings. The first kappa shape index (κ1) is 14.6. The average molecular weight is 311 g/mol. The molecular weight excluding hydrogens is 298 g/mol. The molecule has 1 aliphatic heterocycles. The molecule has 1 aromatic carbocycles. The van der Waals surface area contributed by atoms with Crippen LogP contribution in [-0.4, -0.2) is 27.7 Å². The van der Waals surface area contributed by atoms with Crippen LogP contribution in [0.25, 0.3) is 11.3 Å². The minimum Gasteiger partial charge on any atom is -0.321 e. The first-order valence-corrected chi connectivity index (χ1v) is 6.95. The zero-order valence-corrected chi connectivity index (χ0v) is 12.0. The van der Waals surface area contributed by atoms with Crippen LogP contribution in [0.1, 0.15) is 12.8 Å². The number of hydrazone groups is 1. The quantitative estimate of drug-likeness (QED) is 0.771. The Morgan fingerprint density at radius 3 is 2.70 bits per heavy atom. The van der Waals surface area contributed by atoms with Gasteiger partial charge in [-0.25, -0.2) is 10.5 Å². The van der Waals surface area contributed by atoms with Gasteiger partial charge in [-0.3, -0.25) is 14.4 Å². The summed E-state index contributed by atoms with van der Waals surface area (Å²) in [5.41, 5.74) is 4.18. The standard InChI is InChI=1S/C15H13N5O3/c21-13-6-4-11(17-19-13)9-2-1-3-10(8-9)16-15(23)12-5-7-14(22)20-18-12/h1-4,6,8H,5,7H2,(H,16,23)(H,19,21)(H,20,22). The van der Waals surface area contributed by atoms with Crippen molar-refractivity contribution in [3.63, 3.8) is 0 Å². The van der Waals surface area contributed by atoms with E-state index in [-0.39, 0.29) is 29.5 Å². The number of carbonyl (C=O) groups is 2. The summed E-state index contributed by atoms with van der Waals surface area (Å²) < 4.78 is 0. The van der Waals surface area contributed by atoms with Crippen molar-refractivity contribution in [3.05, 3.63) is 46.8 Å². The van der Waals surface area contributed by atoms with Gasteiger partial charge in [0.05, 0.1) is 5.69 Å². The number of rotatable bonds is 3. The maximum absolute atomic E-state index is 12.1. The normalized spacial score (nSPS) is 13.9. The van der Waals surface area contributed by atoms with Gasteiger partial charge >= 0.3 is 0 Å². The number of anilines is 1. The summed E-state index contributed by atoms with van der Waals surface area (Å²) in [7, 11) is 0. The summed E-state index contributed by atoms with van der Waals surface area (Å²) in [4.78, 5) is 34.2. The van der Waals surface area contributed by atoms with Gasteiger partial charge in [0, 0.05) is 30.2 Å². The fraction of sp³-hybridized carbons (Fsp3) is 0.133. The van der Waals surface area contributed by atoms with Crippen LogP contribution in [0.5, 0.6) is 0 Å². The molecule has 2 aromatic rings. The van der Waals surface area contributed by atoms with E-state index >= 15 is 0 Å². The number of benzene rings is 1. The minimum atomic E-state index is -0.364. The molecule has 2 heterocycles. The van der Waals surface area contributed by atoms with Gasteiger partial charge in [-0.2, -0.15) is 10.2 Å². The summed E-state index contributed by atoms with van der Waals surface area (Å²) in [6.45, 7) is 0. The molecule has 2 amide bonds. The van der Waals surface area contributed by atoms with Gasteiger partial charge in [0.15, 0.2) is 0 Å². The molecule has 116 valence electrons. The highest BCUT2D eigenvalue weighted by Gasteiger charge is 2.18. The highest BCUT2D eigenvalue weighted by atomic mass is 16.2. The maximum Gasteiger partial charge on any atom is 0.271 e. The van der Waals surface area contributed by atoms with E-state index in [1.165, 1.54) is 6.07 Å². The van der Waals surface area contributed by atoms with E-state index < -0.39 is 0 Å². The lowest BCUT2D eigenvalue weighted by Crippen LogP contribution is -2.32. The lowest BCUT2D eigenvalue weighted by Gasteiger charge is -2.12. The molecule has 23 heavy (non-hydrogen) atoms. The smallest absolute Gasteiger partial charge is 0.271 e. The number of H-pyrrole nitrogens is 1. The SMILES string of the molecule is O=C1CCC(C(=O)Nc2cccc(-c3ccc(=O)[nH]n3)c2)=NN1. The fourth-order valence-corrected chi connectivity index (χ4v) is 2.10. The van der Waals surface area contributed by atoms with Crippen LogP contribution in [0, 0.1) is 0 Å². The van der Waals surface area contributed by atoms with Gasteiger partial charge in [-0.15, -0.1) is 0 Å². The summed E-state index contributed by atoms with van der Waals surface area (Å²) >= 11 is 0. The lowest BCUT2D eigenvalue weighted by atomic mass is 10.1. The second kappa shape index (κ2) is 6.22. The van der Waals surface area contributed by atoms with Crippen molar-refractivity contribution < 1.29 is 9.59 Å². The second-order valence-corrected chi connectivity index (χ2v) is 4.93. The maximum atomic E-state index is 12.1. The zero-order valence-electron chi connectivity index (χ0n) is 12.0. The van der Waals surface area contributed by atoms with Crippen molar-refractivity contribution in [2.75, 3.05) is 5.32 Å². The second-order valence-electron chi connectivity index (χ2n) is 4.93. The Labute approximate surface area is 130 Å². The zero-order chi connectivity index (χ0) is 16.2. The number of nitrogens with zero attached hydrogens (tertiary/aromatic N) is 2. The first-order valence-electron chi connectivity index (χ1n) is 6.95. The molecule has 1 aliphatic rings. The van der Waals surface area contributed by atoms with Crippen LogP contribution < -0.4 is 16.3 Å². The van der Waals surface area contributed by atoms with E-state index in [9.17, 15) is 14.4 Å². The molecule has 0 aliphatic carbocycles. The Kier molecular flexibility index (Phi) is 3.96. The molecule has 1 aromatic heterocycles. The van der Waals surface area contributed by atoms with E-state index in [2.05, 4.69) is 26.0 Å². The topological polar surface area (TPSA) is 116 Å². The summed E-state index contributed by atoms with van der Waals surface area (Å²) in [6, 6.07) is 10.0. The lowest BCUT2D eigenvalue weighted by molar-refractivity contribution is -0.121. The van der Waals surface area contributed by atoms with E-state index in [4.69, 9.17) is 0 Å². The van der Waals surface area contributed by atoms with Crippen LogP contribution in [0.15, 0.2) is 46.3 Å². The Bertz CT molecular complexity index is 836. The molecule has 0 bridgehead atoms. The Morgan fingerprint density at radius 1 is 1.13 bits per heavy atom. The van der Waals surface area contributed by atoms with Crippen molar-refractivity contribution >= 4 is 23.2 Å². The first-order chi connectivity index (χ1) is 11.1. The van der Waals surface area contributed by atoms with Crippen LogP contribution in [0.3, 0.4) is 0 Å². The van der Waals surface area contributed by atoms with Gasteiger partial charge in [0.25, 0.3) is 11.5 Å². The predicted molar refractivity (Wildman–Crippen MR) is 83.7 cm³/mol.